The third-order valence-electron chi connectivity index (χ3n) is 5.66. The van der Waals surface area contributed by atoms with Gasteiger partial charge in [-0.15, -0.1) is 11.3 Å². The number of carbonyl (C=O) groups is 2. The molecule has 0 spiro atoms. The number of carbonyl (C=O) groups excluding carboxylic acids is 2. The minimum Gasteiger partial charge on any atom is -0.368 e. The van der Waals surface area contributed by atoms with Gasteiger partial charge in [0.1, 0.15) is 11.7 Å². The van der Waals surface area contributed by atoms with Gasteiger partial charge in [-0.1, -0.05) is 36.2 Å². The van der Waals surface area contributed by atoms with Gasteiger partial charge in [0.25, 0.3) is 5.91 Å². The first-order chi connectivity index (χ1) is 12.5. The van der Waals surface area contributed by atoms with Crippen molar-refractivity contribution in [2.75, 3.05) is 6.54 Å². The minimum absolute atomic E-state index is 0.163. The number of rotatable bonds is 3. The van der Waals surface area contributed by atoms with Crippen LogP contribution in [0.4, 0.5) is 0 Å². The van der Waals surface area contributed by atoms with E-state index >= 15 is 0 Å². The van der Waals surface area contributed by atoms with Crippen LogP contribution in [0.25, 0.3) is 10.4 Å². The van der Waals surface area contributed by atoms with E-state index in [4.69, 9.17) is 5.73 Å². The fraction of sp³-hybridized carbons (Fsp3) is 0.450. The van der Waals surface area contributed by atoms with E-state index in [9.17, 15) is 9.59 Å². The molecule has 2 heterocycles. The summed E-state index contributed by atoms with van der Waals surface area (Å²) < 4.78 is 0. The van der Waals surface area contributed by atoms with Crippen molar-refractivity contribution < 1.29 is 9.59 Å². The molecule has 1 aromatic carbocycles. The van der Waals surface area contributed by atoms with E-state index < -0.39 is 11.9 Å². The standard InChI is InChI=1S/C20H23N3O2S/c1-11-5-3-6-13(9-11)18-16(22-12(2)26-18)20(25)23-10-14-7-4-8-15(14)17(23)19(21)24/h3,5-6,9,14-15,17H,4,7-8,10H2,1-2H3,(H2,21,24). The predicted octanol–water partition coefficient (Wildman–Crippen LogP) is 3.15. The highest BCUT2D eigenvalue weighted by Gasteiger charge is 2.49. The molecule has 2 fully saturated rings. The number of thiazole rings is 1. The molecule has 1 saturated carbocycles. The van der Waals surface area contributed by atoms with Crippen LogP contribution in [0.1, 0.15) is 40.3 Å². The molecule has 3 atom stereocenters. The van der Waals surface area contributed by atoms with E-state index in [1.807, 2.05) is 32.0 Å². The Bertz CT molecular complexity index is 876. The molecule has 6 heteroatoms. The second kappa shape index (κ2) is 6.50. The predicted molar refractivity (Wildman–Crippen MR) is 102 cm³/mol. The Balaban J connectivity index is 1.72. The van der Waals surface area contributed by atoms with Gasteiger partial charge in [-0.3, -0.25) is 9.59 Å². The van der Waals surface area contributed by atoms with Crippen molar-refractivity contribution in [3.63, 3.8) is 0 Å². The lowest BCUT2D eigenvalue weighted by molar-refractivity contribution is -0.122. The van der Waals surface area contributed by atoms with Gasteiger partial charge < -0.3 is 10.6 Å². The van der Waals surface area contributed by atoms with Crippen molar-refractivity contribution >= 4 is 23.2 Å². The van der Waals surface area contributed by atoms with E-state index in [-0.39, 0.29) is 11.8 Å². The summed E-state index contributed by atoms with van der Waals surface area (Å²) in [5.41, 5.74) is 8.26. The third-order valence-corrected chi connectivity index (χ3v) is 6.68. The maximum absolute atomic E-state index is 13.3. The number of fused-ring (bicyclic) bond motifs is 1. The molecule has 0 bridgehead atoms. The van der Waals surface area contributed by atoms with Gasteiger partial charge in [0, 0.05) is 6.54 Å². The van der Waals surface area contributed by atoms with Crippen LogP contribution in [-0.4, -0.2) is 34.3 Å². The van der Waals surface area contributed by atoms with Gasteiger partial charge in [0.05, 0.1) is 9.88 Å². The molecule has 1 aliphatic carbocycles. The Morgan fingerprint density at radius 3 is 2.81 bits per heavy atom. The van der Waals surface area contributed by atoms with Crippen LogP contribution >= 0.6 is 11.3 Å². The van der Waals surface area contributed by atoms with Crippen molar-refractivity contribution in [3.8, 4) is 10.4 Å². The summed E-state index contributed by atoms with van der Waals surface area (Å²) in [5, 5.41) is 0.847. The normalized spacial score (nSPS) is 24.7. The number of aryl methyl sites for hydroxylation is 2. The summed E-state index contributed by atoms with van der Waals surface area (Å²) >= 11 is 1.52. The fourth-order valence-electron chi connectivity index (χ4n) is 4.57. The van der Waals surface area contributed by atoms with Gasteiger partial charge in [-0.05, 0) is 44.1 Å². The lowest BCUT2D eigenvalue weighted by Crippen LogP contribution is -2.46. The quantitative estimate of drug-likeness (QED) is 0.903. The van der Waals surface area contributed by atoms with Gasteiger partial charge in [0.2, 0.25) is 5.91 Å². The number of likely N-dealkylation sites (tertiary alicyclic amines) is 1. The molecule has 4 rings (SSSR count). The molecular formula is C20H23N3O2S. The number of aromatic nitrogens is 1. The Morgan fingerprint density at radius 2 is 2.08 bits per heavy atom. The van der Waals surface area contributed by atoms with Crippen molar-refractivity contribution in [2.24, 2.45) is 17.6 Å². The lowest BCUT2D eigenvalue weighted by Gasteiger charge is -2.25. The molecule has 0 radical (unpaired) electrons. The first-order valence-corrected chi connectivity index (χ1v) is 9.92. The summed E-state index contributed by atoms with van der Waals surface area (Å²) in [4.78, 5) is 32.5. The summed E-state index contributed by atoms with van der Waals surface area (Å²) in [6, 6.07) is 7.58. The number of primary amides is 1. The summed E-state index contributed by atoms with van der Waals surface area (Å²) in [7, 11) is 0. The number of nitrogens with two attached hydrogens (primary N) is 1. The Kier molecular flexibility index (Phi) is 4.31. The molecule has 2 N–H and O–H groups in total. The van der Waals surface area contributed by atoms with E-state index in [2.05, 4.69) is 11.1 Å². The SMILES string of the molecule is Cc1cccc(-c2sc(C)nc2C(=O)N2CC3CCCC3C2C(N)=O)c1. The highest BCUT2D eigenvalue weighted by atomic mass is 32.1. The van der Waals surface area contributed by atoms with Crippen LogP contribution in [0.15, 0.2) is 24.3 Å². The van der Waals surface area contributed by atoms with E-state index in [0.717, 1.165) is 40.3 Å². The minimum atomic E-state index is -0.498. The van der Waals surface area contributed by atoms with Crippen LogP contribution in [0.5, 0.6) is 0 Å². The Labute approximate surface area is 157 Å². The van der Waals surface area contributed by atoms with Gasteiger partial charge in [-0.2, -0.15) is 0 Å². The average molecular weight is 369 g/mol. The van der Waals surface area contributed by atoms with Crippen molar-refractivity contribution in [1.29, 1.82) is 0 Å². The molecule has 1 aromatic heterocycles. The maximum atomic E-state index is 13.3. The van der Waals surface area contributed by atoms with Crippen LogP contribution in [-0.2, 0) is 4.79 Å². The van der Waals surface area contributed by atoms with E-state index in [1.54, 1.807) is 4.90 Å². The van der Waals surface area contributed by atoms with Crippen LogP contribution in [0.2, 0.25) is 0 Å². The molecule has 1 saturated heterocycles. The summed E-state index contributed by atoms with van der Waals surface area (Å²) in [6.45, 7) is 4.55. The van der Waals surface area contributed by atoms with Crippen LogP contribution < -0.4 is 5.73 Å². The zero-order valence-corrected chi connectivity index (χ0v) is 15.9. The maximum Gasteiger partial charge on any atom is 0.274 e. The molecule has 1 aliphatic heterocycles. The average Bonchev–Trinajstić information content (AvgIpc) is 3.27. The molecule has 2 amide bonds. The Morgan fingerprint density at radius 1 is 1.27 bits per heavy atom. The monoisotopic (exact) mass is 369 g/mol. The molecule has 2 aromatic rings. The largest absolute Gasteiger partial charge is 0.368 e. The number of nitrogens with zero attached hydrogens (tertiary/aromatic N) is 2. The molecule has 3 unspecified atom stereocenters. The zero-order chi connectivity index (χ0) is 18.4. The fourth-order valence-corrected chi connectivity index (χ4v) is 5.48. The molecular weight excluding hydrogens is 346 g/mol. The summed E-state index contributed by atoms with van der Waals surface area (Å²) in [5.74, 6) is 0.0399. The third kappa shape index (κ3) is 2.82. The summed E-state index contributed by atoms with van der Waals surface area (Å²) in [6.07, 6.45) is 3.16. The van der Waals surface area contributed by atoms with Crippen LogP contribution in [0, 0.1) is 25.7 Å². The van der Waals surface area contributed by atoms with Crippen molar-refractivity contribution in [1.82, 2.24) is 9.88 Å². The van der Waals surface area contributed by atoms with Crippen LogP contribution in [0.3, 0.4) is 0 Å². The second-order valence-electron chi connectivity index (χ2n) is 7.44. The topological polar surface area (TPSA) is 76.3 Å². The highest BCUT2D eigenvalue weighted by molar-refractivity contribution is 7.15. The number of amides is 2. The second-order valence-corrected chi connectivity index (χ2v) is 8.64. The lowest BCUT2D eigenvalue weighted by atomic mass is 9.93. The zero-order valence-electron chi connectivity index (χ0n) is 15.1. The van der Waals surface area contributed by atoms with Crippen molar-refractivity contribution in [3.05, 3.63) is 40.5 Å². The Hall–Kier alpha value is -2.21. The first-order valence-electron chi connectivity index (χ1n) is 9.10. The first kappa shape index (κ1) is 17.2. The number of hydrogen-bond acceptors (Lipinski definition) is 4. The molecule has 26 heavy (non-hydrogen) atoms. The van der Waals surface area contributed by atoms with Gasteiger partial charge in [-0.25, -0.2) is 4.98 Å². The number of benzene rings is 1. The molecule has 5 nitrogen and oxygen atoms in total. The molecule has 136 valence electrons. The van der Waals surface area contributed by atoms with E-state index in [0.29, 0.717) is 18.2 Å². The molecule has 2 aliphatic rings. The van der Waals surface area contributed by atoms with Crippen molar-refractivity contribution in [2.45, 2.75) is 39.2 Å². The van der Waals surface area contributed by atoms with Gasteiger partial charge >= 0.3 is 0 Å². The highest BCUT2D eigenvalue weighted by Crippen LogP contribution is 2.43. The van der Waals surface area contributed by atoms with E-state index in [1.165, 1.54) is 11.3 Å². The number of hydrogen-bond donors (Lipinski definition) is 1. The van der Waals surface area contributed by atoms with Gasteiger partial charge in [0.15, 0.2) is 0 Å². The smallest absolute Gasteiger partial charge is 0.274 e.